The number of benzene rings is 1. The Bertz CT molecular complexity index is 672. The summed E-state index contributed by atoms with van der Waals surface area (Å²) in [5.41, 5.74) is 2.59. The molecule has 0 saturated carbocycles. The summed E-state index contributed by atoms with van der Waals surface area (Å²) in [6, 6.07) is 3.92. The molecule has 0 spiro atoms. The van der Waals surface area contributed by atoms with Crippen molar-refractivity contribution < 1.29 is 9.90 Å². The Morgan fingerprint density at radius 1 is 1.15 bits per heavy atom. The molecule has 0 saturated heterocycles. The van der Waals surface area contributed by atoms with Crippen molar-refractivity contribution in [3.8, 4) is 11.4 Å². The molecule has 0 aliphatic heterocycles. The zero-order chi connectivity index (χ0) is 15.0. The molecule has 0 amide bonds. The van der Waals surface area contributed by atoms with Crippen LogP contribution in [0.2, 0.25) is 0 Å². The van der Waals surface area contributed by atoms with Gasteiger partial charge in [-0.1, -0.05) is 12.1 Å². The minimum Gasteiger partial charge on any atom is -0.478 e. The lowest BCUT2D eigenvalue weighted by Gasteiger charge is -2.16. The molecule has 1 heterocycles. The van der Waals surface area contributed by atoms with E-state index in [9.17, 15) is 9.90 Å². The molecule has 20 heavy (non-hydrogen) atoms. The molecular formula is C15H19N3O2. The number of hydrogen-bond donors (Lipinski definition) is 1. The molecule has 1 N–H and O–H groups in total. The van der Waals surface area contributed by atoms with Crippen LogP contribution in [0, 0.1) is 20.8 Å². The van der Waals surface area contributed by atoms with Crippen molar-refractivity contribution in [1.82, 2.24) is 14.8 Å². The second kappa shape index (κ2) is 5.07. The van der Waals surface area contributed by atoms with Gasteiger partial charge in [0.05, 0.1) is 5.56 Å². The fraction of sp³-hybridized carbons (Fsp3) is 0.400. The van der Waals surface area contributed by atoms with Gasteiger partial charge in [0.2, 0.25) is 0 Å². The Morgan fingerprint density at radius 3 is 2.30 bits per heavy atom. The predicted octanol–water partition coefficient (Wildman–Crippen LogP) is 3.15. The third kappa shape index (κ3) is 2.19. The van der Waals surface area contributed by atoms with Gasteiger partial charge in [-0.05, 0) is 45.7 Å². The molecule has 2 aromatic rings. The molecule has 0 unspecified atom stereocenters. The van der Waals surface area contributed by atoms with Crippen molar-refractivity contribution >= 4 is 5.97 Å². The van der Waals surface area contributed by atoms with Gasteiger partial charge >= 0.3 is 5.97 Å². The van der Waals surface area contributed by atoms with Crippen LogP contribution in [-0.4, -0.2) is 25.8 Å². The third-order valence-electron chi connectivity index (χ3n) is 3.44. The van der Waals surface area contributed by atoms with E-state index in [-0.39, 0.29) is 6.04 Å². The van der Waals surface area contributed by atoms with Crippen molar-refractivity contribution in [3.05, 3.63) is 34.6 Å². The van der Waals surface area contributed by atoms with E-state index >= 15 is 0 Å². The first-order valence-electron chi connectivity index (χ1n) is 6.60. The molecular weight excluding hydrogens is 254 g/mol. The van der Waals surface area contributed by atoms with Crippen LogP contribution in [0.1, 0.15) is 47.2 Å². The minimum absolute atomic E-state index is 0.168. The van der Waals surface area contributed by atoms with Crippen LogP contribution < -0.4 is 0 Å². The molecule has 1 aromatic heterocycles. The van der Waals surface area contributed by atoms with Gasteiger partial charge in [0, 0.05) is 11.6 Å². The zero-order valence-electron chi connectivity index (χ0n) is 12.4. The summed E-state index contributed by atoms with van der Waals surface area (Å²) in [4.78, 5) is 11.6. The first kappa shape index (κ1) is 14.2. The highest BCUT2D eigenvalue weighted by Gasteiger charge is 2.23. The maximum absolute atomic E-state index is 11.6. The van der Waals surface area contributed by atoms with Crippen molar-refractivity contribution in [2.75, 3.05) is 0 Å². The van der Waals surface area contributed by atoms with Crippen LogP contribution in [-0.2, 0) is 0 Å². The summed E-state index contributed by atoms with van der Waals surface area (Å²) < 4.78 is 1.97. The van der Waals surface area contributed by atoms with Crippen molar-refractivity contribution in [2.45, 2.75) is 40.7 Å². The number of carboxylic acid groups (broad SMARTS) is 1. The van der Waals surface area contributed by atoms with Gasteiger partial charge in [0.1, 0.15) is 5.82 Å². The highest BCUT2D eigenvalue weighted by molar-refractivity contribution is 5.97. The average molecular weight is 273 g/mol. The predicted molar refractivity (Wildman–Crippen MR) is 77.0 cm³/mol. The summed E-state index contributed by atoms with van der Waals surface area (Å²) in [5.74, 6) is 0.473. The molecule has 0 aliphatic rings. The van der Waals surface area contributed by atoms with E-state index < -0.39 is 5.97 Å². The van der Waals surface area contributed by atoms with E-state index in [1.54, 1.807) is 6.92 Å². The van der Waals surface area contributed by atoms with E-state index in [0.29, 0.717) is 17.0 Å². The third-order valence-corrected chi connectivity index (χ3v) is 3.44. The number of aryl methyl sites for hydroxylation is 3. The van der Waals surface area contributed by atoms with Gasteiger partial charge in [0.15, 0.2) is 5.82 Å². The zero-order valence-corrected chi connectivity index (χ0v) is 12.4. The van der Waals surface area contributed by atoms with Gasteiger partial charge in [-0.25, -0.2) is 4.79 Å². The van der Waals surface area contributed by atoms with Crippen molar-refractivity contribution in [3.63, 3.8) is 0 Å². The maximum atomic E-state index is 11.6. The second-order valence-electron chi connectivity index (χ2n) is 5.29. The van der Waals surface area contributed by atoms with Gasteiger partial charge in [-0.2, -0.15) is 0 Å². The molecule has 0 fully saturated rings. The lowest BCUT2D eigenvalue weighted by atomic mass is 9.96. The summed E-state index contributed by atoms with van der Waals surface area (Å²) in [7, 11) is 0. The normalized spacial score (nSPS) is 11.1. The van der Waals surface area contributed by atoms with Crippen LogP contribution in [0.25, 0.3) is 11.4 Å². The standard InChI is InChI=1S/C15H19N3O2/c1-8(2)18-11(5)16-17-14(18)12-9(3)6-7-10(4)13(12)15(19)20/h6-8H,1-5H3,(H,19,20). The Kier molecular flexibility index (Phi) is 3.61. The van der Waals surface area contributed by atoms with E-state index in [1.807, 2.05) is 44.4 Å². The highest BCUT2D eigenvalue weighted by Crippen LogP contribution is 2.30. The smallest absolute Gasteiger partial charge is 0.336 e. The van der Waals surface area contributed by atoms with E-state index in [0.717, 1.165) is 17.0 Å². The van der Waals surface area contributed by atoms with E-state index in [1.165, 1.54) is 0 Å². The molecule has 0 bridgehead atoms. The average Bonchev–Trinajstić information content (AvgIpc) is 2.73. The summed E-state index contributed by atoms with van der Waals surface area (Å²) in [5, 5.41) is 17.8. The first-order chi connectivity index (χ1) is 9.34. The topological polar surface area (TPSA) is 68.0 Å². The number of carbonyl (C=O) groups is 1. The number of aromatic carboxylic acids is 1. The molecule has 5 nitrogen and oxygen atoms in total. The molecule has 5 heteroatoms. The maximum Gasteiger partial charge on any atom is 0.336 e. The van der Waals surface area contributed by atoms with Crippen molar-refractivity contribution in [2.24, 2.45) is 0 Å². The molecule has 2 rings (SSSR count). The number of aromatic nitrogens is 3. The number of nitrogens with zero attached hydrogens (tertiary/aromatic N) is 3. The van der Waals surface area contributed by atoms with E-state index in [4.69, 9.17) is 0 Å². The van der Waals surface area contributed by atoms with Gasteiger partial charge in [0.25, 0.3) is 0 Å². The number of rotatable bonds is 3. The number of hydrogen-bond acceptors (Lipinski definition) is 3. The SMILES string of the molecule is Cc1ccc(C)c(-c2nnc(C)n2C(C)C)c1C(=O)O. The lowest BCUT2D eigenvalue weighted by Crippen LogP contribution is -2.10. The fourth-order valence-electron chi connectivity index (χ4n) is 2.53. The Balaban J connectivity index is 2.83. The Morgan fingerprint density at radius 2 is 1.75 bits per heavy atom. The van der Waals surface area contributed by atoms with Gasteiger partial charge in [-0.3, -0.25) is 0 Å². The molecule has 0 aliphatic carbocycles. The Labute approximate surface area is 118 Å². The van der Waals surface area contributed by atoms with Gasteiger partial charge < -0.3 is 9.67 Å². The van der Waals surface area contributed by atoms with Crippen LogP contribution in [0.4, 0.5) is 0 Å². The fourth-order valence-corrected chi connectivity index (χ4v) is 2.53. The van der Waals surface area contributed by atoms with Crippen molar-refractivity contribution in [1.29, 1.82) is 0 Å². The molecule has 0 atom stereocenters. The van der Waals surface area contributed by atoms with Crippen LogP contribution in [0.5, 0.6) is 0 Å². The molecule has 1 aromatic carbocycles. The second-order valence-corrected chi connectivity index (χ2v) is 5.29. The van der Waals surface area contributed by atoms with Gasteiger partial charge in [-0.15, -0.1) is 10.2 Å². The highest BCUT2D eigenvalue weighted by atomic mass is 16.4. The van der Waals surface area contributed by atoms with Crippen LogP contribution in [0.15, 0.2) is 12.1 Å². The van der Waals surface area contributed by atoms with Crippen LogP contribution in [0.3, 0.4) is 0 Å². The largest absolute Gasteiger partial charge is 0.478 e. The lowest BCUT2D eigenvalue weighted by molar-refractivity contribution is 0.0696. The van der Waals surface area contributed by atoms with Crippen LogP contribution >= 0.6 is 0 Å². The quantitative estimate of drug-likeness (QED) is 0.932. The van der Waals surface area contributed by atoms with E-state index in [2.05, 4.69) is 10.2 Å². The molecule has 0 radical (unpaired) electrons. The Hall–Kier alpha value is -2.17. The summed E-state index contributed by atoms with van der Waals surface area (Å²) in [6.07, 6.45) is 0. The minimum atomic E-state index is -0.933. The summed E-state index contributed by atoms with van der Waals surface area (Å²) >= 11 is 0. The number of carboxylic acids is 1. The monoisotopic (exact) mass is 273 g/mol. The molecule has 106 valence electrons. The summed E-state index contributed by atoms with van der Waals surface area (Å²) in [6.45, 7) is 9.64. The first-order valence-corrected chi connectivity index (χ1v) is 6.60.